The van der Waals surface area contributed by atoms with Crippen molar-refractivity contribution in [3.63, 3.8) is 0 Å². The highest BCUT2D eigenvalue weighted by Gasteiger charge is 2.33. The van der Waals surface area contributed by atoms with Gasteiger partial charge in [-0.2, -0.15) is 0 Å². The Hall–Kier alpha value is -0.570. The van der Waals surface area contributed by atoms with Gasteiger partial charge in [-0.05, 0) is 41.0 Å². The highest BCUT2D eigenvalue weighted by atomic mass is 16.6. The normalized spacial score (nSPS) is 14.7. The molecular formula is C13H27NO2. The van der Waals surface area contributed by atoms with Gasteiger partial charge in [0.25, 0.3) is 0 Å². The second kappa shape index (κ2) is 5.67. The van der Waals surface area contributed by atoms with Crippen LogP contribution in [0.4, 0.5) is 0 Å². The summed E-state index contributed by atoms with van der Waals surface area (Å²) in [7, 11) is 0. The van der Waals surface area contributed by atoms with Crippen molar-refractivity contribution in [1.29, 1.82) is 0 Å². The topological polar surface area (TPSA) is 52.3 Å². The fourth-order valence-corrected chi connectivity index (χ4v) is 1.93. The number of carbonyl (C=O) groups is 1. The molecule has 2 N–H and O–H groups in total. The fourth-order valence-electron chi connectivity index (χ4n) is 1.93. The molecule has 96 valence electrons. The molecule has 0 bridgehead atoms. The standard InChI is InChI=1S/C13H27NO2/c1-7-8-12(3,4)11(15)16-13(5,6)9-10(2)14/h10H,7-9,14H2,1-6H3. The molecule has 0 saturated carbocycles. The number of carbonyl (C=O) groups excluding carboxylic acids is 1. The fraction of sp³-hybridized carbons (Fsp3) is 0.923. The van der Waals surface area contributed by atoms with Crippen LogP contribution >= 0.6 is 0 Å². The maximum atomic E-state index is 12.0. The van der Waals surface area contributed by atoms with Crippen LogP contribution in [0, 0.1) is 5.41 Å². The molecule has 1 unspecified atom stereocenters. The molecule has 0 aliphatic heterocycles. The number of ether oxygens (including phenoxy) is 1. The largest absolute Gasteiger partial charge is 0.459 e. The number of hydrogen-bond donors (Lipinski definition) is 1. The molecule has 0 amide bonds. The van der Waals surface area contributed by atoms with Gasteiger partial charge in [-0.15, -0.1) is 0 Å². The highest BCUT2D eigenvalue weighted by Crippen LogP contribution is 2.28. The van der Waals surface area contributed by atoms with E-state index in [2.05, 4.69) is 6.92 Å². The lowest BCUT2D eigenvalue weighted by molar-refractivity contribution is -0.168. The quantitative estimate of drug-likeness (QED) is 0.712. The summed E-state index contributed by atoms with van der Waals surface area (Å²) in [5, 5.41) is 0. The number of nitrogens with two attached hydrogens (primary N) is 1. The van der Waals surface area contributed by atoms with Gasteiger partial charge in [0.15, 0.2) is 0 Å². The van der Waals surface area contributed by atoms with Crippen LogP contribution in [0.25, 0.3) is 0 Å². The SMILES string of the molecule is CCCC(C)(C)C(=O)OC(C)(C)CC(C)N. The molecule has 0 aromatic heterocycles. The molecule has 0 aromatic rings. The zero-order chi connectivity index (χ0) is 13.0. The molecule has 3 nitrogen and oxygen atoms in total. The van der Waals surface area contributed by atoms with E-state index in [1.807, 2.05) is 34.6 Å². The predicted octanol–water partition coefficient (Wildman–Crippen LogP) is 2.87. The predicted molar refractivity (Wildman–Crippen MR) is 67.1 cm³/mol. The van der Waals surface area contributed by atoms with Crippen molar-refractivity contribution in [2.24, 2.45) is 11.1 Å². The molecule has 1 atom stereocenters. The van der Waals surface area contributed by atoms with E-state index in [0.717, 1.165) is 12.8 Å². The van der Waals surface area contributed by atoms with Crippen LogP contribution in [0.5, 0.6) is 0 Å². The van der Waals surface area contributed by atoms with Gasteiger partial charge in [0.1, 0.15) is 5.60 Å². The van der Waals surface area contributed by atoms with Crippen LogP contribution in [0.2, 0.25) is 0 Å². The van der Waals surface area contributed by atoms with E-state index in [4.69, 9.17) is 10.5 Å². The zero-order valence-electron chi connectivity index (χ0n) is 11.6. The zero-order valence-corrected chi connectivity index (χ0v) is 11.6. The molecule has 0 heterocycles. The maximum Gasteiger partial charge on any atom is 0.312 e. The Morgan fingerprint density at radius 2 is 1.81 bits per heavy atom. The Bertz CT molecular complexity index is 232. The molecule has 0 spiro atoms. The van der Waals surface area contributed by atoms with E-state index in [-0.39, 0.29) is 12.0 Å². The highest BCUT2D eigenvalue weighted by molar-refractivity contribution is 5.76. The molecule has 0 radical (unpaired) electrons. The molecule has 3 heteroatoms. The van der Waals surface area contributed by atoms with Crippen LogP contribution < -0.4 is 5.73 Å². The first kappa shape index (κ1) is 15.4. The lowest BCUT2D eigenvalue weighted by Gasteiger charge is -2.31. The molecule has 0 aliphatic carbocycles. The summed E-state index contributed by atoms with van der Waals surface area (Å²) in [5.41, 5.74) is 4.86. The second-order valence-electron chi connectivity index (χ2n) is 5.96. The molecule has 0 saturated heterocycles. The molecule has 16 heavy (non-hydrogen) atoms. The summed E-state index contributed by atoms with van der Waals surface area (Å²) in [5.74, 6) is -0.125. The van der Waals surface area contributed by atoms with Gasteiger partial charge < -0.3 is 10.5 Å². The van der Waals surface area contributed by atoms with Crippen LogP contribution in [-0.4, -0.2) is 17.6 Å². The van der Waals surface area contributed by atoms with E-state index in [0.29, 0.717) is 6.42 Å². The Balaban J connectivity index is 4.43. The summed E-state index contributed by atoms with van der Waals surface area (Å²) >= 11 is 0. The van der Waals surface area contributed by atoms with Crippen molar-refractivity contribution in [1.82, 2.24) is 0 Å². The van der Waals surface area contributed by atoms with Gasteiger partial charge in [-0.3, -0.25) is 4.79 Å². The smallest absolute Gasteiger partial charge is 0.312 e. The molecule has 0 fully saturated rings. The number of esters is 1. The lowest BCUT2D eigenvalue weighted by atomic mass is 9.88. The Morgan fingerprint density at radius 1 is 1.31 bits per heavy atom. The van der Waals surface area contributed by atoms with Crippen molar-refractivity contribution < 1.29 is 9.53 Å². The Kier molecular flexibility index (Phi) is 5.47. The third-order valence-electron chi connectivity index (χ3n) is 2.61. The van der Waals surface area contributed by atoms with E-state index in [1.165, 1.54) is 0 Å². The third kappa shape index (κ3) is 5.50. The van der Waals surface area contributed by atoms with Crippen LogP contribution in [0.15, 0.2) is 0 Å². The van der Waals surface area contributed by atoms with Gasteiger partial charge in [-0.1, -0.05) is 13.3 Å². The van der Waals surface area contributed by atoms with E-state index >= 15 is 0 Å². The van der Waals surface area contributed by atoms with E-state index in [1.54, 1.807) is 0 Å². The van der Waals surface area contributed by atoms with Crippen molar-refractivity contribution in [2.45, 2.75) is 72.4 Å². The van der Waals surface area contributed by atoms with Gasteiger partial charge in [0, 0.05) is 12.5 Å². The molecular weight excluding hydrogens is 202 g/mol. The lowest BCUT2D eigenvalue weighted by Crippen LogP contribution is -2.39. The van der Waals surface area contributed by atoms with Crippen molar-refractivity contribution in [3.05, 3.63) is 0 Å². The van der Waals surface area contributed by atoms with Crippen LogP contribution in [0.3, 0.4) is 0 Å². The summed E-state index contributed by atoms with van der Waals surface area (Å²) < 4.78 is 5.55. The third-order valence-corrected chi connectivity index (χ3v) is 2.61. The minimum atomic E-state index is -0.476. The van der Waals surface area contributed by atoms with Crippen molar-refractivity contribution >= 4 is 5.97 Å². The summed E-state index contributed by atoms with van der Waals surface area (Å²) in [6, 6.07) is 0.0390. The number of hydrogen-bond acceptors (Lipinski definition) is 3. The van der Waals surface area contributed by atoms with E-state index < -0.39 is 11.0 Å². The van der Waals surface area contributed by atoms with Gasteiger partial charge in [0.05, 0.1) is 5.41 Å². The molecule has 0 aliphatic rings. The number of rotatable bonds is 6. The van der Waals surface area contributed by atoms with Gasteiger partial charge in [0.2, 0.25) is 0 Å². The first-order valence-electron chi connectivity index (χ1n) is 6.10. The first-order valence-corrected chi connectivity index (χ1v) is 6.10. The Morgan fingerprint density at radius 3 is 2.19 bits per heavy atom. The van der Waals surface area contributed by atoms with Gasteiger partial charge in [-0.25, -0.2) is 0 Å². The van der Waals surface area contributed by atoms with Gasteiger partial charge >= 0.3 is 5.97 Å². The van der Waals surface area contributed by atoms with Crippen LogP contribution in [-0.2, 0) is 9.53 Å². The summed E-state index contributed by atoms with van der Waals surface area (Å²) in [4.78, 5) is 12.0. The van der Waals surface area contributed by atoms with Crippen molar-refractivity contribution in [2.75, 3.05) is 0 Å². The summed E-state index contributed by atoms with van der Waals surface area (Å²) in [6.45, 7) is 11.7. The van der Waals surface area contributed by atoms with Crippen LogP contribution in [0.1, 0.15) is 60.8 Å². The molecule has 0 aromatic carbocycles. The maximum absolute atomic E-state index is 12.0. The monoisotopic (exact) mass is 229 g/mol. The minimum Gasteiger partial charge on any atom is -0.459 e. The average molecular weight is 229 g/mol. The molecule has 0 rings (SSSR count). The second-order valence-corrected chi connectivity index (χ2v) is 5.96. The van der Waals surface area contributed by atoms with E-state index in [9.17, 15) is 4.79 Å². The van der Waals surface area contributed by atoms with Crippen molar-refractivity contribution in [3.8, 4) is 0 Å². The Labute approximate surface area is 99.7 Å². The average Bonchev–Trinajstić information content (AvgIpc) is 1.99. The first-order chi connectivity index (χ1) is 7.10. The minimum absolute atomic E-state index is 0.0390. The summed E-state index contributed by atoms with van der Waals surface area (Å²) in [6.07, 6.45) is 2.51.